The Labute approximate surface area is 212 Å². The molecule has 9 heteroatoms. The summed E-state index contributed by atoms with van der Waals surface area (Å²) in [5.74, 6) is 0.564. The van der Waals surface area contributed by atoms with Crippen molar-refractivity contribution in [2.75, 3.05) is 26.2 Å². The third-order valence-corrected chi connectivity index (χ3v) is 8.58. The van der Waals surface area contributed by atoms with E-state index in [1.807, 2.05) is 30.6 Å². The van der Waals surface area contributed by atoms with E-state index in [0.717, 1.165) is 45.4 Å². The number of likely N-dealkylation sites (tertiary alicyclic amines) is 2. The maximum absolute atomic E-state index is 12.3. The number of hydrogen-bond donors (Lipinski definition) is 1. The molecule has 0 aromatic carbocycles. The third-order valence-electron chi connectivity index (χ3n) is 7.57. The van der Waals surface area contributed by atoms with Crippen molar-refractivity contribution in [1.82, 2.24) is 20.1 Å². The molecule has 186 valence electrons. The molecule has 33 heavy (non-hydrogen) atoms. The zero-order valence-corrected chi connectivity index (χ0v) is 22.7. The van der Waals surface area contributed by atoms with Crippen molar-refractivity contribution in [3.63, 3.8) is 0 Å². The van der Waals surface area contributed by atoms with Gasteiger partial charge in [0.15, 0.2) is 0 Å². The molecule has 0 spiro atoms. The maximum Gasteiger partial charge on any atom is 0.410 e. The molecule has 1 aliphatic carbocycles. The predicted molar refractivity (Wildman–Crippen MR) is 137 cm³/mol. The number of nitrogens with zero attached hydrogens (tertiary/aromatic N) is 4. The number of fused-ring (bicyclic) bond motifs is 1. The van der Waals surface area contributed by atoms with E-state index < -0.39 is 5.60 Å². The molecule has 1 saturated carbocycles. The number of piperidine rings is 2. The van der Waals surface area contributed by atoms with Gasteiger partial charge in [0.05, 0.1) is 6.04 Å². The van der Waals surface area contributed by atoms with E-state index in [9.17, 15) is 9.59 Å². The second kappa shape index (κ2) is 10.3. The third kappa shape index (κ3) is 6.13. The van der Waals surface area contributed by atoms with Crippen LogP contribution in [0.15, 0.2) is 5.10 Å². The first-order chi connectivity index (χ1) is 15.6. The quantitative estimate of drug-likeness (QED) is 0.523. The van der Waals surface area contributed by atoms with Crippen molar-refractivity contribution in [3.8, 4) is 0 Å². The second-order valence-corrected chi connectivity index (χ2v) is 12.2. The van der Waals surface area contributed by atoms with Crippen LogP contribution >= 0.6 is 22.6 Å². The number of halogens is 1. The van der Waals surface area contributed by atoms with Gasteiger partial charge in [-0.15, -0.1) is 0 Å². The Bertz CT molecular complexity index is 754. The standard InChI is InChI=1S/C24H40IN5O3/c1-16(31)29-14-11-21-20(15-29)22(25)27-30(21)19-7-5-17(6-8-19)26-18-9-12-28(13-10-18)23(32)33-24(2,3)4/h17-21,26H,5-15H2,1-4H3. The summed E-state index contributed by atoms with van der Waals surface area (Å²) in [7, 11) is 0. The highest BCUT2D eigenvalue weighted by molar-refractivity contribution is 14.1. The fourth-order valence-corrected chi connectivity index (χ4v) is 6.64. The van der Waals surface area contributed by atoms with Gasteiger partial charge in [-0.3, -0.25) is 9.80 Å². The molecule has 0 bridgehead atoms. The summed E-state index contributed by atoms with van der Waals surface area (Å²) in [6.45, 7) is 10.6. The Balaban J connectivity index is 1.20. The molecule has 4 rings (SSSR count). The molecule has 2 unspecified atom stereocenters. The normalized spacial score (nSPS) is 31.3. The Morgan fingerprint density at radius 3 is 2.18 bits per heavy atom. The Morgan fingerprint density at radius 1 is 0.970 bits per heavy atom. The molecule has 1 N–H and O–H groups in total. The number of amides is 2. The second-order valence-electron chi connectivity index (χ2n) is 11.1. The van der Waals surface area contributed by atoms with Gasteiger partial charge in [0.2, 0.25) is 5.91 Å². The molecule has 8 nitrogen and oxygen atoms in total. The first-order valence-electron chi connectivity index (χ1n) is 12.6. The van der Waals surface area contributed by atoms with E-state index >= 15 is 0 Å². The average molecular weight is 574 g/mol. The van der Waals surface area contributed by atoms with Gasteiger partial charge >= 0.3 is 6.09 Å². The molecule has 3 aliphatic heterocycles. The van der Waals surface area contributed by atoms with Crippen LogP contribution in [0.5, 0.6) is 0 Å². The molecule has 0 aromatic heterocycles. The van der Waals surface area contributed by atoms with Gasteiger partial charge in [0, 0.05) is 57.1 Å². The highest BCUT2D eigenvalue weighted by Gasteiger charge is 2.44. The Kier molecular flexibility index (Phi) is 7.77. The number of ether oxygens (including phenoxy) is 1. The molecule has 0 radical (unpaired) electrons. The monoisotopic (exact) mass is 573 g/mol. The lowest BCUT2D eigenvalue weighted by Crippen LogP contribution is -2.53. The van der Waals surface area contributed by atoms with Crippen LogP contribution in [-0.2, 0) is 9.53 Å². The topological polar surface area (TPSA) is 77.5 Å². The number of nitrogens with one attached hydrogen (secondary N) is 1. The zero-order valence-electron chi connectivity index (χ0n) is 20.6. The van der Waals surface area contributed by atoms with Crippen molar-refractivity contribution >= 4 is 38.3 Å². The highest BCUT2D eigenvalue weighted by Crippen LogP contribution is 2.37. The number of rotatable bonds is 3. The van der Waals surface area contributed by atoms with Gasteiger partial charge in [-0.05, 0) is 88.3 Å². The molecule has 2 saturated heterocycles. The minimum atomic E-state index is -0.438. The smallest absolute Gasteiger partial charge is 0.410 e. The highest BCUT2D eigenvalue weighted by atomic mass is 127. The van der Waals surface area contributed by atoms with Crippen LogP contribution in [-0.4, -0.2) is 86.5 Å². The minimum Gasteiger partial charge on any atom is -0.444 e. The summed E-state index contributed by atoms with van der Waals surface area (Å²) in [5, 5.41) is 11.3. The Hall–Kier alpha value is -1.10. The van der Waals surface area contributed by atoms with Gasteiger partial charge in [0.1, 0.15) is 9.32 Å². The van der Waals surface area contributed by atoms with Crippen LogP contribution in [0, 0.1) is 5.92 Å². The lowest BCUT2D eigenvalue weighted by molar-refractivity contribution is -0.131. The fourth-order valence-electron chi connectivity index (χ4n) is 5.78. The van der Waals surface area contributed by atoms with Gasteiger partial charge in [-0.1, -0.05) is 0 Å². The van der Waals surface area contributed by atoms with E-state index in [1.165, 1.54) is 29.4 Å². The van der Waals surface area contributed by atoms with Gasteiger partial charge < -0.3 is 19.9 Å². The van der Waals surface area contributed by atoms with Crippen molar-refractivity contribution in [2.24, 2.45) is 11.0 Å². The van der Waals surface area contributed by atoms with Crippen molar-refractivity contribution in [3.05, 3.63) is 0 Å². The summed E-state index contributed by atoms with van der Waals surface area (Å²) in [4.78, 5) is 27.9. The van der Waals surface area contributed by atoms with Crippen LogP contribution in [0.2, 0.25) is 0 Å². The number of hydrazone groups is 1. The van der Waals surface area contributed by atoms with Crippen LogP contribution in [0.4, 0.5) is 4.79 Å². The predicted octanol–water partition coefficient (Wildman–Crippen LogP) is 3.59. The lowest BCUT2D eigenvalue weighted by Gasteiger charge is -2.42. The first kappa shape index (κ1) is 25.0. The fraction of sp³-hybridized carbons (Fsp3) is 0.875. The van der Waals surface area contributed by atoms with Crippen molar-refractivity contribution in [2.45, 2.75) is 102 Å². The molecule has 2 atom stereocenters. The Morgan fingerprint density at radius 2 is 1.58 bits per heavy atom. The molecule has 0 aromatic rings. The number of carbonyl (C=O) groups excluding carboxylic acids is 2. The molecule has 4 aliphatic rings. The largest absolute Gasteiger partial charge is 0.444 e. The van der Waals surface area contributed by atoms with Crippen molar-refractivity contribution < 1.29 is 14.3 Å². The first-order valence-corrected chi connectivity index (χ1v) is 13.7. The molecule has 3 heterocycles. The van der Waals surface area contributed by atoms with Crippen LogP contribution in [0.3, 0.4) is 0 Å². The van der Waals surface area contributed by atoms with Gasteiger partial charge in [0.25, 0.3) is 0 Å². The van der Waals surface area contributed by atoms with E-state index in [0.29, 0.717) is 30.1 Å². The summed E-state index contributed by atoms with van der Waals surface area (Å²) < 4.78 is 6.68. The summed E-state index contributed by atoms with van der Waals surface area (Å²) in [6.07, 6.45) is 7.51. The summed E-state index contributed by atoms with van der Waals surface area (Å²) in [6, 6.07) is 2.01. The van der Waals surface area contributed by atoms with Crippen LogP contribution in [0.1, 0.15) is 72.6 Å². The van der Waals surface area contributed by atoms with E-state index in [1.54, 1.807) is 6.92 Å². The van der Waals surface area contributed by atoms with Crippen LogP contribution < -0.4 is 5.32 Å². The minimum absolute atomic E-state index is 0.180. The molecule has 3 fully saturated rings. The van der Waals surface area contributed by atoms with E-state index in [-0.39, 0.29) is 12.0 Å². The average Bonchev–Trinajstić information content (AvgIpc) is 3.09. The van der Waals surface area contributed by atoms with Crippen molar-refractivity contribution in [1.29, 1.82) is 0 Å². The van der Waals surface area contributed by atoms with Gasteiger partial charge in [-0.2, -0.15) is 5.10 Å². The summed E-state index contributed by atoms with van der Waals surface area (Å²) >= 11 is 2.39. The molecular weight excluding hydrogens is 533 g/mol. The number of carbonyl (C=O) groups is 2. The zero-order chi connectivity index (χ0) is 23.8. The molecule has 2 amide bonds. The maximum atomic E-state index is 12.3. The van der Waals surface area contributed by atoms with Crippen LogP contribution in [0.25, 0.3) is 0 Å². The molecular formula is C24H40IN5O3. The summed E-state index contributed by atoms with van der Waals surface area (Å²) in [5.41, 5.74) is -0.438. The lowest BCUT2D eigenvalue weighted by atomic mass is 9.87. The van der Waals surface area contributed by atoms with E-state index in [4.69, 9.17) is 9.84 Å². The SMILES string of the molecule is CC(=O)N1CCC2C(C1)C(I)=NN2C1CCC(NC2CCN(C(=O)OC(C)(C)C)CC2)CC1. The number of hydrogen-bond acceptors (Lipinski definition) is 6. The van der Waals surface area contributed by atoms with E-state index in [2.05, 4.69) is 32.9 Å². The van der Waals surface area contributed by atoms with Gasteiger partial charge in [-0.25, -0.2) is 4.79 Å².